The fraction of sp³-hybridized carbons (Fsp3) is 0.556. The number of aromatic nitrogens is 2. The molecule has 0 unspecified atom stereocenters. The number of likely N-dealkylation sites (tertiary alicyclic amines) is 1. The minimum atomic E-state index is -0.679. The molecule has 1 fully saturated rings. The molecule has 2 heterocycles. The number of carbonyl (C=O) groups is 2. The van der Waals surface area contributed by atoms with Crippen molar-refractivity contribution < 1.29 is 19.1 Å². The predicted molar refractivity (Wildman–Crippen MR) is 148 cm³/mol. The van der Waals surface area contributed by atoms with E-state index in [0.717, 1.165) is 53.9 Å². The van der Waals surface area contributed by atoms with Crippen LogP contribution in [-0.4, -0.2) is 64.6 Å². The van der Waals surface area contributed by atoms with Crippen molar-refractivity contribution in [1.29, 1.82) is 0 Å². The van der Waals surface area contributed by atoms with E-state index in [-0.39, 0.29) is 23.7 Å². The lowest BCUT2D eigenvalue weighted by molar-refractivity contribution is -0.140. The fourth-order valence-corrected chi connectivity index (χ4v) is 4.58. The first kappa shape index (κ1) is 28.4. The number of H-pyrrole nitrogens is 1. The molecule has 37 heavy (non-hydrogen) atoms. The summed E-state index contributed by atoms with van der Waals surface area (Å²) in [5.41, 5.74) is 4.33. The van der Waals surface area contributed by atoms with E-state index in [1.807, 2.05) is 18.7 Å². The van der Waals surface area contributed by atoms with Gasteiger partial charge < -0.3 is 19.7 Å². The van der Waals surface area contributed by atoms with Crippen molar-refractivity contribution in [3.05, 3.63) is 34.9 Å². The molecular weight excluding hydrogens is 490 g/mol. The number of alkyl carbamates (subject to hydrolysis) is 1. The third-order valence-corrected chi connectivity index (χ3v) is 6.35. The van der Waals surface area contributed by atoms with Crippen LogP contribution in [0.4, 0.5) is 4.79 Å². The molecular formula is C27H39N5O4S. The number of rotatable bonds is 9. The van der Waals surface area contributed by atoms with E-state index >= 15 is 0 Å². The normalized spacial score (nSPS) is 13.5. The molecule has 2 amide bonds. The molecule has 1 aliphatic rings. The van der Waals surface area contributed by atoms with Crippen LogP contribution in [0.15, 0.2) is 18.2 Å². The minimum Gasteiger partial charge on any atom is -0.475 e. The van der Waals surface area contributed by atoms with Crippen LogP contribution in [0.2, 0.25) is 0 Å². The summed E-state index contributed by atoms with van der Waals surface area (Å²) < 4.78 is 11.2. The van der Waals surface area contributed by atoms with Gasteiger partial charge in [-0.15, -0.1) is 5.10 Å². The van der Waals surface area contributed by atoms with Crippen LogP contribution in [-0.2, 0) is 16.0 Å². The van der Waals surface area contributed by atoms with Gasteiger partial charge in [-0.1, -0.05) is 17.2 Å². The van der Waals surface area contributed by atoms with E-state index in [4.69, 9.17) is 21.7 Å². The van der Waals surface area contributed by atoms with Crippen LogP contribution in [0.1, 0.15) is 57.2 Å². The van der Waals surface area contributed by atoms with E-state index in [0.29, 0.717) is 18.8 Å². The molecule has 3 rings (SSSR count). The highest BCUT2D eigenvalue weighted by molar-refractivity contribution is 7.80. The van der Waals surface area contributed by atoms with Crippen LogP contribution in [0.3, 0.4) is 0 Å². The molecule has 0 saturated carbocycles. The zero-order chi connectivity index (χ0) is 27.2. The highest BCUT2D eigenvalue weighted by Gasteiger charge is 2.34. The van der Waals surface area contributed by atoms with Gasteiger partial charge >= 0.3 is 6.09 Å². The fourth-order valence-electron chi connectivity index (χ4n) is 4.40. The summed E-state index contributed by atoms with van der Waals surface area (Å²) in [6, 6.07) is 6.30. The number of hydrogen-bond donors (Lipinski definition) is 3. The Bertz CT molecular complexity index is 1100. The molecule has 1 aliphatic heterocycles. The second-order valence-electron chi connectivity index (χ2n) is 10.5. The Kier molecular flexibility index (Phi) is 9.53. The van der Waals surface area contributed by atoms with Gasteiger partial charge in [-0.3, -0.25) is 15.2 Å². The SMILES string of the molecule is Cc1cc(C)cc(-c2[nH]nc(OCC(C)(C)C(=O)N3CCCC3)c2CCNC(=S)NC(=O)OC(C)C)c1. The number of carbonyl (C=O) groups excluding carboxylic acids is 2. The Morgan fingerprint density at radius 1 is 1.16 bits per heavy atom. The first-order chi connectivity index (χ1) is 17.5. The van der Waals surface area contributed by atoms with E-state index in [2.05, 4.69) is 52.9 Å². The molecule has 202 valence electrons. The van der Waals surface area contributed by atoms with Crippen molar-refractivity contribution in [2.24, 2.45) is 5.41 Å². The summed E-state index contributed by atoms with van der Waals surface area (Å²) in [5, 5.41) is 13.3. The molecule has 2 aromatic rings. The Morgan fingerprint density at radius 3 is 2.43 bits per heavy atom. The molecule has 0 bridgehead atoms. The molecule has 0 spiro atoms. The third kappa shape index (κ3) is 7.92. The van der Waals surface area contributed by atoms with Crippen LogP contribution < -0.4 is 15.4 Å². The van der Waals surface area contributed by atoms with Gasteiger partial charge in [0.15, 0.2) is 5.11 Å². The lowest BCUT2D eigenvalue weighted by atomic mass is 9.93. The van der Waals surface area contributed by atoms with Crippen molar-refractivity contribution in [2.45, 2.75) is 66.9 Å². The van der Waals surface area contributed by atoms with E-state index in [1.54, 1.807) is 13.8 Å². The number of ether oxygens (including phenoxy) is 2. The standard InChI is InChI=1S/C27H39N5O4S/c1-17(2)36-26(34)29-25(37)28-10-9-21-22(20-14-18(3)13-19(4)15-20)30-31-23(21)35-16-27(5,6)24(33)32-11-7-8-12-32/h13-15,17H,7-12,16H2,1-6H3,(H,30,31)(H2,28,29,34,37). The smallest absolute Gasteiger partial charge is 0.413 e. The average molecular weight is 530 g/mol. The van der Waals surface area contributed by atoms with Gasteiger partial charge in [-0.2, -0.15) is 0 Å². The van der Waals surface area contributed by atoms with Crippen LogP contribution in [0.25, 0.3) is 11.3 Å². The summed E-state index contributed by atoms with van der Waals surface area (Å²) in [4.78, 5) is 26.8. The molecule has 1 aromatic carbocycles. The number of aryl methyl sites for hydroxylation is 2. The van der Waals surface area contributed by atoms with Gasteiger partial charge in [-0.05, 0) is 85.2 Å². The lowest BCUT2D eigenvalue weighted by Crippen LogP contribution is -2.42. The number of nitrogens with zero attached hydrogens (tertiary/aromatic N) is 2. The van der Waals surface area contributed by atoms with Gasteiger partial charge in [0, 0.05) is 30.8 Å². The number of benzene rings is 1. The maximum atomic E-state index is 13.0. The van der Waals surface area contributed by atoms with Crippen LogP contribution in [0, 0.1) is 19.3 Å². The minimum absolute atomic E-state index is 0.1000. The van der Waals surface area contributed by atoms with E-state index < -0.39 is 11.5 Å². The van der Waals surface area contributed by atoms with Crippen molar-refractivity contribution in [2.75, 3.05) is 26.2 Å². The summed E-state index contributed by atoms with van der Waals surface area (Å²) in [5.74, 6) is 0.555. The number of thiocarbonyl (C=S) groups is 1. The van der Waals surface area contributed by atoms with E-state index in [1.165, 1.54) is 0 Å². The molecule has 9 nitrogen and oxygen atoms in total. The zero-order valence-corrected chi connectivity index (χ0v) is 23.5. The Labute approximate surface area is 224 Å². The maximum Gasteiger partial charge on any atom is 0.413 e. The molecule has 0 atom stereocenters. The van der Waals surface area contributed by atoms with Gasteiger partial charge in [0.2, 0.25) is 11.8 Å². The Morgan fingerprint density at radius 2 is 1.81 bits per heavy atom. The number of hydrogen-bond acceptors (Lipinski definition) is 6. The van der Waals surface area contributed by atoms with Gasteiger partial charge in [-0.25, -0.2) is 4.79 Å². The Hall–Kier alpha value is -3.14. The predicted octanol–water partition coefficient (Wildman–Crippen LogP) is 4.27. The first-order valence-corrected chi connectivity index (χ1v) is 13.2. The number of amides is 2. The van der Waals surface area contributed by atoms with Gasteiger partial charge in [0.05, 0.1) is 17.2 Å². The van der Waals surface area contributed by atoms with Crippen molar-refractivity contribution >= 4 is 29.3 Å². The van der Waals surface area contributed by atoms with Crippen molar-refractivity contribution in [1.82, 2.24) is 25.7 Å². The quantitative estimate of drug-likeness (QED) is 0.416. The molecule has 1 aromatic heterocycles. The Balaban J connectivity index is 1.74. The second kappa shape index (κ2) is 12.4. The number of aromatic amines is 1. The summed E-state index contributed by atoms with van der Waals surface area (Å²) >= 11 is 5.23. The van der Waals surface area contributed by atoms with E-state index in [9.17, 15) is 9.59 Å². The highest BCUT2D eigenvalue weighted by Crippen LogP contribution is 2.31. The van der Waals surface area contributed by atoms with Crippen LogP contribution in [0.5, 0.6) is 5.88 Å². The maximum absolute atomic E-state index is 13.0. The largest absolute Gasteiger partial charge is 0.475 e. The summed E-state index contributed by atoms with van der Waals surface area (Å²) in [6.07, 6.45) is 1.78. The molecule has 1 saturated heterocycles. The zero-order valence-electron chi connectivity index (χ0n) is 22.7. The molecule has 0 radical (unpaired) electrons. The first-order valence-electron chi connectivity index (χ1n) is 12.8. The lowest BCUT2D eigenvalue weighted by Gasteiger charge is -2.28. The summed E-state index contributed by atoms with van der Waals surface area (Å²) in [6.45, 7) is 13.7. The molecule has 0 aliphatic carbocycles. The van der Waals surface area contributed by atoms with Crippen molar-refractivity contribution in [3.63, 3.8) is 0 Å². The molecule has 3 N–H and O–H groups in total. The van der Waals surface area contributed by atoms with Crippen LogP contribution >= 0.6 is 12.2 Å². The second-order valence-corrected chi connectivity index (χ2v) is 10.9. The van der Waals surface area contributed by atoms with Gasteiger partial charge in [0.25, 0.3) is 0 Å². The number of nitrogens with one attached hydrogen (secondary N) is 3. The monoisotopic (exact) mass is 529 g/mol. The summed E-state index contributed by atoms with van der Waals surface area (Å²) in [7, 11) is 0. The topological polar surface area (TPSA) is 109 Å². The third-order valence-electron chi connectivity index (χ3n) is 6.10. The van der Waals surface area contributed by atoms with Gasteiger partial charge in [0.1, 0.15) is 6.61 Å². The average Bonchev–Trinajstić information content (AvgIpc) is 3.46. The highest BCUT2D eigenvalue weighted by atomic mass is 32.1. The van der Waals surface area contributed by atoms with Crippen molar-refractivity contribution in [3.8, 4) is 17.1 Å². The molecule has 10 heteroatoms.